The summed E-state index contributed by atoms with van der Waals surface area (Å²) in [6.45, 7) is 3.80. The normalized spacial score (nSPS) is 11.6. The number of nitrogens with zero attached hydrogens (tertiary/aromatic N) is 4. The fourth-order valence-corrected chi connectivity index (χ4v) is 2.38. The molecule has 0 bridgehead atoms. The maximum absolute atomic E-state index is 12.0. The molecule has 19 heavy (non-hydrogen) atoms. The van der Waals surface area contributed by atoms with Crippen molar-refractivity contribution in [3.05, 3.63) is 37.4 Å². The average Bonchev–Trinajstić information content (AvgIpc) is 2.87. The number of thiazole rings is 1. The first-order chi connectivity index (χ1) is 8.83. The molecule has 0 unspecified atom stereocenters. The largest absolute Gasteiger partial charge is 0.353 e. The highest BCUT2D eigenvalue weighted by Gasteiger charge is 2.25. The highest BCUT2D eigenvalue weighted by Crippen LogP contribution is 2.24. The molecule has 0 aromatic carbocycles. The summed E-state index contributed by atoms with van der Waals surface area (Å²) in [5.41, 5.74) is -1.44. The van der Waals surface area contributed by atoms with E-state index in [4.69, 9.17) is 0 Å². The number of anilines is 1. The first kappa shape index (κ1) is 13.5. The van der Waals surface area contributed by atoms with Crippen molar-refractivity contribution in [1.82, 2.24) is 19.3 Å². The SMILES string of the molecule is Cn1nc(NC(C)(C)c2nccs2)c(=O)n(C)c1=O. The van der Waals surface area contributed by atoms with Gasteiger partial charge in [-0.3, -0.25) is 9.36 Å². The van der Waals surface area contributed by atoms with Crippen LogP contribution in [0.5, 0.6) is 0 Å². The highest BCUT2D eigenvalue weighted by molar-refractivity contribution is 7.09. The summed E-state index contributed by atoms with van der Waals surface area (Å²) in [5, 5.41) is 9.71. The van der Waals surface area contributed by atoms with Crippen LogP contribution in [0.3, 0.4) is 0 Å². The molecule has 0 spiro atoms. The van der Waals surface area contributed by atoms with Gasteiger partial charge in [-0.2, -0.15) is 0 Å². The molecule has 8 heteroatoms. The van der Waals surface area contributed by atoms with Gasteiger partial charge in [0.2, 0.25) is 5.82 Å². The first-order valence-corrected chi connectivity index (χ1v) is 6.53. The Balaban J connectivity index is 2.45. The minimum atomic E-state index is -0.537. The lowest BCUT2D eigenvalue weighted by atomic mass is 10.1. The molecule has 2 rings (SSSR count). The van der Waals surface area contributed by atoms with E-state index in [1.165, 1.54) is 25.4 Å². The third-order valence-electron chi connectivity index (χ3n) is 2.72. The molecule has 0 aliphatic carbocycles. The molecule has 0 saturated carbocycles. The Kier molecular flexibility index (Phi) is 3.27. The van der Waals surface area contributed by atoms with Crippen LogP contribution < -0.4 is 16.6 Å². The third-order valence-corrected chi connectivity index (χ3v) is 3.82. The molecule has 7 nitrogen and oxygen atoms in total. The van der Waals surface area contributed by atoms with Crippen molar-refractivity contribution in [3.63, 3.8) is 0 Å². The van der Waals surface area contributed by atoms with Gasteiger partial charge in [-0.15, -0.1) is 16.4 Å². The Morgan fingerprint density at radius 3 is 2.58 bits per heavy atom. The molecule has 0 fully saturated rings. The monoisotopic (exact) mass is 281 g/mol. The minimum absolute atomic E-state index is 0.129. The second kappa shape index (κ2) is 4.61. The lowest BCUT2D eigenvalue weighted by molar-refractivity contribution is 0.563. The zero-order valence-corrected chi connectivity index (χ0v) is 12.0. The van der Waals surface area contributed by atoms with E-state index in [1.807, 2.05) is 19.2 Å². The fourth-order valence-electron chi connectivity index (χ4n) is 1.66. The summed E-state index contributed by atoms with van der Waals surface area (Å²) in [7, 11) is 2.93. The highest BCUT2D eigenvalue weighted by atomic mass is 32.1. The van der Waals surface area contributed by atoms with Gasteiger partial charge in [0.05, 0.1) is 5.54 Å². The lowest BCUT2D eigenvalue weighted by Gasteiger charge is -2.24. The van der Waals surface area contributed by atoms with Crippen LogP contribution in [0.2, 0.25) is 0 Å². The van der Waals surface area contributed by atoms with Gasteiger partial charge in [0, 0.05) is 25.7 Å². The summed E-state index contributed by atoms with van der Waals surface area (Å²) in [6, 6.07) is 0. The Labute approximate surface area is 113 Å². The van der Waals surface area contributed by atoms with Gasteiger partial charge in [-0.1, -0.05) is 0 Å². The molecular weight excluding hydrogens is 266 g/mol. The summed E-state index contributed by atoms with van der Waals surface area (Å²) in [4.78, 5) is 27.8. The van der Waals surface area contributed by atoms with E-state index in [9.17, 15) is 9.59 Å². The van der Waals surface area contributed by atoms with Crippen molar-refractivity contribution in [1.29, 1.82) is 0 Å². The molecule has 0 saturated heterocycles. The topological polar surface area (TPSA) is 81.8 Å². The maximum Gasteiger partial charge on any atom is 0.346 e. The molecular formula is C11H15N5O2S. The second-order valence-corrected chi connectivity index (χ2v) is 5.60. The summed E-state index contributed by atoms with van der Waals surface area (Å²) in [6.07, 6.45) is 1.70. The zero-order valence-electron chi connectivity index (χ0n) is 11.2. The summed E-state index contributed by atoms with van der Waals surface area (Å²) >= 11 is 1.49. The quantitative estimate of drug-likeness (QED) is 0.874. The van der Waals surface area contributed by atoms with Gasteiger partial charge in [0.1, 0.15) is 5.01 Å². The third kappa shape index (κ3) is 2.43. The van der Waals surface area contributed by atoms with Crippen LogP contribution in [0.4, 0.5) is 5.82 Å². The predicted molar refractivity (Wildman–Crippen MR) is 73.5 cm³/mol. The molecule has 0 aliphatic heterocycles. The van der Waals surface area contributed by atoms with E-state index in [0.29, 0.717) is 0 Å². The molecule has 0 atom stereocenters. The zero-order chi connectivity index (χ0) is 14.2. The molecule has 102 valence electrons. The van der Waals surface area contributed by atoms with Crippen molar-refractivity contribution in [2.24, 2.45) is 14.1 Å². The van der Waals surface area contributed by atoms with Gasteiger partial charge in [0.25, 0.3) is 5.56 Å². The Bertz CT molecular complexity index is 699. The Hall–Kier alpha value is -1.96. The van der Waals surface area contributed by atoms with Gasteiger partial charge < -0.3 is 5.32 Å². The fraction of sp³-hybridized carbons (Fsp3) is 0.455. The molecule has 1 N–H and O–H groups in total. The molecule has 2 aromatic heterocycles. The number of nitrogens with one attached hydrogen (secondary N) is 1. The predicted octanol–water partition coefficient (Wildman–Crippen LogP) is 0.283. The van der Waals surface area contributed by atoms with Crippen LogP contribution >= 0.6 is 11.3 Å². The summed E-state index contributed by atoms with van der Waals surface area (Å²) < 4.78 is 2.15. The lowest BCUT2D eigenvalue weighted by Crippen LogP contribution is -2.42. The van der Waals surface area contributed by atoms with Crippen LogP contribution in [-0.2, 0) is 19.6 Å². The Morgan fingerprint density at radius 2 is 2.00 bits per heavy atom. The number of rotatable bonds is 3. The molecule has 0 aliphatic rings. The first-order valence-electron chi connectivity index (χ1n) is 5.65. The second-order valence-electron chi connectivity index (χ2n) is 4.71. The maximum atomic E-state index is 12.0. The number of hydrogen-bond donors (Lipinski definition) is 1. The van der Waals surface area contributed by atoms with Crippen molar-refractivity contribution in [2.45, 2.75) is 19.4 Å². The van der Waals surface area contributed by atoms with E-state index < -0.39 is 16.8 Å². The Morgan fingerprint density at radius 1 is 1.32 bits per heavy atom. The van der Waals surface area contributed by atoms with Gasteiger partial charge >= 0.3 is 5.69 Å². The number of aryl methyl sites for hydroxylation is 1. The minimum Gasteiger partial charge on any atom is -0.353 e. The van der Waals surface area contributed by atoms with Gasteiger partial charge in [-0.25, -0.2) is 14.5 Å². The van der Waals surface area contributed by atoms with E-state index in [0.717, 1.165) is 14.3 Å². The molecule has 2 heterocycles. The molecule has 0 amide bonds. The van der Waals surface area contributed by atoms with Crippen molar-refractivity contribution in [3.8, 4) is 0 Å². The van der Waals surface area contributed by atoms with Gasteiger partial charge in [-0.05, 0) is 13.8 Å². The number of hydrogen-bond acceptors (Lipinski definition) is 6. The van der Waals surface area contributed by atoms with E-state index in [2.05, 4.69) is 15.4 Å². The average molecular weight is 281 g/mol. The van der Waals surface area contributed by atoms with Crippen LogP contribution in [0, 0.1) is 0 Å². The van der Waals surface area contributed by atoms with Crippen molar-refractivity contribution in [2.75, 3.05) is 5.32 Å². The van der Waals surface area contributed by atoms with Gasteiger partial charge in [0.15, 0.2) is 0 Å². The molecule has 2 aromatic rings. The van der Waals surface area contributed by atoms with Crippen molar-refractivity contribution >= 4 is 17.2 Å². The van der Waals surface area contributed by atoms with Crippen molar-refractivity contribution < 1.29 is 0 Å². The number of aromatic nitrogens is 4. The van der Waals surface area contributed by atoms with Crippen LogP contribution in [0.25, 0.3) is 0 Å². The van der Waals surface area contributed by atoms with E-state index in [-0.39, 0.29) is 5.82 Å². The molecule has 0 radical (unpaired) electrons. The van der Waals surface area contributed by atoms with Crippen LogP contribution in [-0.4, -0.2) is 19.3 Å². The smallest absolute Gasteiger partial charge is 0.346 e. The van der Waals surface area contributed by atoms with Crippen LogP contribution in [0.15, 0.2) is 21.2 Å². The van der Waals surface area contributed by atoms with E-state index in [1.54, 1.807) is 6.20 Å². The summed E-state index contributed by atoms with van der Waals surface area (Å²) in [5.74, 6) is 0.129. The van der Waals surface area contributed by atoms with E-state index >= 15 is 0 Å². The standard InChI is InChI=1S/C11H15N5O2S/c1-11(2,9-12-5-6-19-9)13-7-8(17)15(3)10(18)16(4)14-7/h5-6H,1-4H3,(H,13,14). The van der Waals surface area contributed by atoms with Crippen LogP contribution in [0.1, 0.15) is 18.9 Å².